The Labute approximate surface area is 89.7 Å². The average molecular weight is 205 g/mol. The van der Waals surface area contributed by atoms with Gasteiger partial charge in [-0.3, -0.25) is 0 Å². The van der Waals surface area contributed by atoms with E-state index in [1.54, 1.807) is 6.07 Å². The molecule has 1 aromatic rings. The minimum Gasteiger partial charge on any atom is -0.382 e. The monoisotopic (exact) mass is 205 g/mol. The van der Waals surface area contributed by atoms with E-state index in [0.717, 1.165) is 12.2 Å². The smallest absolute Gasteiger partial charge is 0.146 e. The summed E-state index contributed by atoms with van der Waals surface area (Å²) in [7, 11) is 0. The summed E-state index contributed by atoms with van der Waals surface area (Å²) in [6.45, 7) is 0.934. The van der Waals surface area contributed by atoms with Crippen molar-refractivity contribution in [1.29, 1.82) is 0 Å². The summed E-state index contributed by atoms with van der Waals surface area (Å²) in [5, 5.41) is 3.25. The first-order valence-electron chi connectivity index (χ1n) is 5.85. The molecule has 1 aromatic carbocycles. The Balaban J connectivity index is 2.06. The summed E-state index contributed by atoms with van der Waals surface area (Å²) in [5.41, 5.74) is 2.23. The summed E-state index contributed by atoms with van der Waals surface area (Å²) in [6, 6.07) is 5.49. The van der Waals surface area contributed by atoms with Crippen LogP contribution in [0.5, 0.6) is 0 Å². The maximum atomic E-state index is 13.6. The highest BCUT2D eigenvalue weighted by molar-refractivity contribution is 5.61. The van der Waals surface area contributed by atoms with E-state index in [9.17, 15) is 4.39 Å². The Morgan fingerprint density at radius 3 is 2.73 bits per heavy atom. The van der Waals surface area contributed by atoms with Gasteiger partial charge in [0.2, 0.25) is 0 Å². The van der Waals surface area contributed by atoms with E-state index in [4.69, 9.17) is 0 Å². The minimum absolute atomic E-state index is 0.0880. The molecule has 3 rings (SSSR count). The van der Waals surface area contributed by atoms with Crippen LogP contribution in [0.4, 0.5) is 10.1 Å². The SMILES string of the molecule is Fc1cccc2c1NCC21CCCCC1. The van der Waals surface area contributed by atoms with Gasteiger partial charge < -0.3 is 5.32 Å². The lowest BCUT2D eigenvalue weighted by atomic mass is 9.71. The summed E-state index contributed by atoms with van der Waals surface area (Å²) >= 11 is 0. The van der Waals surface area contributed by atoms with E-state index in [-0.39, 0.29) is 11.2 Å². The number of hydrogen-bond acceptors (Lipinski definition) is 1. The van der Waals surface area contributed by atoms with Crippen molar-refractivity contribution in [3.05, 3.63) is 29.6 Å². The molecule has 15 heavy (non-hydrogen) atoms. The van der Waals surface area contributed by atoms with Gasteiger partial charge in [0.15, 0.2) is 0 Å². The lowest BCUT2D eigenvalue weighted by Crippen LogP contribution is -2.30. The van der Waals surface area contributed by atoms with Crippen molar-refractivity contribution in [3.63, 3.8) is 0 Å². The van der Waals surface area contributed by atoms with Crippen LogP contribution in [-0.2, 0) is 5.41 Å². The van der Waals surface area contributed by atoms with E-state index in [2.05, 4.69) is 11.4 Å². The van der Waals surface area contributed by atoms with Crippen LogP contribution < -0.4 is 5.32 Å². The van der Waals surface area contributed by atoms with Gasteiger partial charge in [-0.15, -0.1) is 0 Å². The molecule has 80 valence electrons. The van der Waals surface area contributed by atoms with Gasteiger partial charge in [0.05, 0.1) is 5.69 Å². The Kier molecular flexibility index (Phi) is 1.98. The molecule has 1 saturated carbocycles. The van der Waals surface area contributed by atoms with Crippen LogP contribution in [0.25, 0.3) is 0 Å². The first-order chi connectivity index (χ1) is 7.32. The van der Waals surface area contributed by atoms with Crippen LogP contribution in [0.3, 0.4) is 0 Å². The summed E-state index contributed by atoms with van der Waals surface area (Å²) in [6.07, 6.45) is 6.36. The van der Waals surface area contributed by atoms with Crippen LogP contribution in [0.1, 0.15) is 37.7 Å². The summed E-state index contributed by atoms with van der Waals surface area (Å²) in [5.74, 6) is -0.0880. The van der Waals surface area contributed by atoms with Crippen LogP contribution in [0.2, 0.25) is 0 Å². The Hall–Kier alpha value is -1.05. The highest BCUT2D eigenvalue weighted by Crippen LogP contribution is 2.47. The molecule has 1 fully saturated rings. The molecule has 0 amide bonds. The van der Waals surface area contributed by atoms with E-state index < -0.39 is 0 Å². The van der Waals surface area contributed by atoms with Crippen molar-refractivity contribution in [3.8, 4) is 0 Å². The number of fused-ring (bicyclic) bond motifs is 2. The number of halogens is 1. The predicted octanol–water partition coefficient (Wildman–Crippen LogP) is 3.45. The maximum absolute atomic E-state index is 13.6. The lowest BCUT2D eigenvalue weighted by Gasteiger charge is -2.33. The lowest BCUT2D eigenvalue weighted by molar-refractivity contribution is 0.319. The molecule has 1 N–H and O–H groups in total. The zero-order valence-electron chi connectivity index (χ0n) is 8.85. The van der Waals surface area contributed by atoms with E-state index >= 15 is 0 Å². The van der Waals surface area contributed by atoms with Gasteiger partial charge in [0.25, 0.3) is 0 Å². The molecular weight excluding hydrogens is 189 g/mol. The second-order valence-corrected chi connectivity index (χ2v) is 4.86. The zero-order chi connectivity index (χ0) is 10.3. The van der Waals surface area contributed by atoms with Crippen molar-refractivity contribution in [1.82, 2.24) is 0 Å². The van der Waals surface area contributed by atoms with Crippen LogP contribution in [0.15, 0.2) is 18.2 Å². The molecule has 0 saturated heterocycles. The number of anilines is 1. The van der Waals surface area contributed by atoms with Crippen molar-refractivity contribution in [2.75, 3.05) is 11.9 Å². The molecule has 0 atom stereocenters. The van der Waals surface area contributed by atoms with Crippen LogP contribution >= 0.6 is 0 Å². The van der Waals surface area contributed by atoms with Crippen molar-refractivity contribution >= 4 is 5.69 Å². The third-order valence-electron chi connectivity index (χ3n) is 4.00. The number of nitrogens with one attached hydrogen (secondary N) is 1. The van der Waals surface area contributed by atoms with Gasteiger partial charge in [0, 0.05) is 12.0 Å². The number of benzene rings is 1. The number of para-hydroxylation sites is 1. The van der Waals surface area contributed by atoms with Crippen molar-refractivity contribution in [2.45, 2.75) is 37.5 Å². The fourth-order valence-electron chi connectivity index (χ4n) is 3.17. The highest BCUT2D eigenvalue weighted by atomic mass is 19.1. The van der Waals surface area contributed by atoms with Crippen LogP contribution in [0, 0.1) is 5.82 Å². The molecule has 0 unspecified atom stereocenters. The Morgan fingerprint density at radius 2 is 1.93 bits per heavy atom. The van der Waals surface area contributed by atoms with E-state index in [0.29, 0.717) is 0 Å². The topological polar surface area (TPSA) is 12.0 Å². The molecule has 2 aliphatic rings. The summed E-state index contributed by atoms with van der Waals surface area (Å²) < 4.78 is 13.6. The molecular formula is C13H16FN. The first-order valence-corrected chi connectivity index (χ1v) is 5.85. The van der Waals surface area contributed by atoms with Gasteiger partial charge >= 0.3 is 0 Å². The maximum Gasteiger partial charge on any atom is 0.146 e. The number of rotatable bonds is 0. The predicted molar refractivity (Wildman–Crippen MR) is 59.7 cm³/mol. The minimum atomic E-state index is -0.0880. The standard InChI is InChI=1S/C13H16FN/c14-11-6-4-5-10-12(11)15-9-13(10)7-2-1-3-8-13/h4-6,15H,1-3,7-9H2. The second-order valence-electron chi connectivity index (χ2n) is 4.86. The Bertz CT molecular complexity index is 380. The molecule has 1 heterocycles. The second kappa shape index (κ2) is 3.22. The fraction of sp³-hybridized carbons (Fsp3) is 0.538. The molecule has 1 spiro atoms. The highest BCUT2D eigenvalue weighted by Gasteiger charge is 2.40. The van der Waals surface area contributed by atoms with E-state index in [1.165, 1.54) is 37.7 Å². The molecule has 1 nitrogen and oxygen atoms in total. The third kappa shape index (κ3) is 1.27. The van der Waals surface area contributed by atoms with Crippen molar-refractivity contribution in [2.24, 2.45) is 0 Å². The first kappa shape index (κ1) is 9.20. The average Bonchev–Trinajstić information content (AvgIpc) is 2.61. The molecule has 1 aliphatic heterocycles. The normalized spacial score (nSPS) is 22.5. The van der Waals surface area contributed by atoms with Gasteiger partial charge in [-0.1, -0.05) is 31.4 Å². The molecule has 1 aliphatic carbocycles. The van der Waals surface area contributed by atoms with Gasteiger partial charge in [-0.2, -0.15) is 0 Å². The van der Waals surface area contributed by atoms with Crippen LogP contribution in [-0.4, -0.2) is 6.54 Å². The molecule has 0 radical (unpaired) electrons. The molecule has 0 bridgehead atoms. The number of hydrogen-bond donors (Lipinski definition) is 1. The van der Waals surface area contributed by atoms with Gasteiger partial charge in [0.1, 0.15) is 5.82 Å². The fourth-order valence-corrected chi connectivity index (χ4v) is 3.17. The van der Waals surface area contributed by atoms with Gasteiger partial charge in [-0.05, 0) is 24.5 Å². The van der Waals surface area contributed by atoms with E-state index in [1.807, 2.05) is 6.07 Å². The Morgan fingerprint density at radius 1 is 1.13 bits per heavy atom. The summed E-state index contributed by atoms with van der Waals surface area (Å²) in [4.78, 5) is 0. The quantitative estimate of drug-likeness (QED) is 0.684. The molecule has 2 heteroatoms. The molecule has 0 aromatic heterocycles. The largest absolute Gasteiger partial charge is 0.382 e. The third-order valence-corrected chi connectivity index (χ3v) is 4.00. The van der Waals surface area contributed by atoms with Crippen molar-refractivity contribution < 1.29 is 4.39 Å². The van der Waals surface area contributed by atoms with Gasteiger partial charge in [-0.25, -0.2) is 4.39 Å². The zero-order valence-corrected chi connectivity index (χ0v) is 8.85.